The van der Waals surface area contributed by atoms with E-state index in [1.54, 1.807) is 0 Å². The van der Waals surface area contributed by atoms with Crippen LogP contribution in [0.25, 0.3) is 0 Å². The lowest BCUT2D eigenvalue weighted by molar-refractivity contribution is -0.117. The van der Waals surface area contributed by atoms with Crippen LogP contribution in [0, 0.1) is 6.92 Å². The van der Waals surface area contributed by atoms with E-state index in [1.165, 1.54) is 11.1 Å². The number of aryl methyl sites for hydroxylation is 2. The van der Waals surface area contributed by atoms with Gasteiger partial charge in [-0.1, -0.05) is 29.8 Å². The van der Waals surface area contributed by atoms with Crippen LogP contribution in [0.3, 0.4) is 0 Å². The van der Waals surface area contributed by atoms with Crippen LogP contribution >= 0.6 is 0 Å². The lowest BCUT2D eigenvalue weighted by Gasteiger charge is -2.00. The summed E-state index contributed by atoms with van der Waals surface area (Å²) in [7, 11) is 0. The van der Waals surface area contributed by atoms with Crippen molar-refractivity contribution in [3.63, 3.8) is 0 Å². The molecule has 0 fully saturated rings. The molecule has 2 N–H and O–H groups in total. The topological polar surface area (TPSA) is 43.1 Å². The van der Waals surface area contributed by atoms with Crippen LogP contribution in [-0.2, 0) is 11.2 Å². The van der Waals surface area contributed by atoms with Gasteiger partial charge in [-0.25, -0.2) is 0 Å². The highest BCUT2D eigenvalue weighted by Gasteiger charge is 1.99. The lowest BCUT2D eigenvalue weighted by atomic mass is 10.1. The number of carbonyl (C=O) groups excluding carboxylic acids is 1. The summed E-state index contributed by atoms with van der Waals surface area (Å²) in [5.74, 6) is 0.126. The van der Waals surface area contributed by atoms with E-state index in [9.17, 15) is 4.79 Å². The molecule has 0 aliphatic rings. The predicted octanol–water partition coefficient (Wildman–Crippen LogP) is 1.46. The van der Waals surface area contributed by atoms with Gasteiger partial charge < -0.3 is 5.73 Å². The third-order valence-electron chi connectivity index (χ3n) is 2.04. The van der Waals surface area contributed by atoms with Crippen molar-refractivity contribution in [3.05, 3.63) is 35.4 Å². The van der Waals surface area contributed by atoms with E-state index in [0.29, 0.717) is 6.42 Å². The van der Waals surface area contributed by atoms with Gasteiger partial charge in [0.25, 0.3) is 0 Å². The summed E-state index contributed by atoms with van der Waals surface area (Å²) in [6.45, 7) is 2.21. The molecule has 1 aromatic carbocycles. The molecule has 1 rings (SSSR count). The second kappa shape index (κ2) is 4.77. The van der Waals surface area contributed by atoms with Crippen LogP contribution in [0.15, 0.2) is 24.3 Å². The molecule has 70 valence electrons. The molecule has 0 atom stereocenters. The third-order valence-corrected chi connectivity index (χ3v) is 2.04. The first kappa shape index (κ1) is 9.93. The molecule has 2 nitrogen and oxygen atoms in total. The largest absolute Gasteiger partial charge is 0.324 e. The first-order chi connectivity index (χ1) is 6.22. The quantitative estimate of drug-likeness (QED) is 0.756. The van der Waals surface area contributed by atoms with Gasteiger partial charge in [0.05, 0.1) is 6.54 Å². The van der Waals surface area contributed by atoms with Crippen molar-refractivity contribution in [2.45, 2.75) is 19.8 Å². The molecule has 0 spiro atoms. The minimum absolute atomic E-state index is 0.126. The van der Waals surface area contributed by atoms with Crippen molar-refractivity contribution in [2.75, 3.05) is 6.54 Å². The van der Waals surface area contributed by atoms with Gasteiger partial charge in [0.2, 0.25) is 0 Å². The highest BCUT2D eigenvalue weighted by Crippen LogP contribution is 2.05. The number of hydrogen-bond acceptors (Lipinski definition) is 2. The minimum Gasteiger partial charge on any atom is -0.324 e. The zero-order valence-electron chi connectivity index (χ0n) is 7.92. The maximum Gasteiger partial charge on any atom is 0.146 e. The van der Waals surface area contributed by atoms with E-state index in [4.69, 9.17) is 5.73 Å². The minimum atomic E-state index is 0.126. The Bertz CT molecular complexity index is 277. The summed E-state index contributed by atoms with van der Waals surface area (Å²) in [5, 5.41) is 0. The van der Waals surface area contributed by atoms with Crippen molar-refractivity contribution in [3.8, 4) is 0 Å². The van der Waals surface area contributed by atoms with Crippen LogP contribution < -0.4 is 5.73 Å². The normalized spacial score (nSPS) is 10.0. The van der Waals surface area contributed by atoms with Crippen LogP contribution in [0.4, 0.5) is 0 Å². The fraction of sp³-hybridized carbons (Fsp3) is 0.364. The summed E-state index contributed by atoms with van der Waals surface area (Å²) in [6, 6.07) is 8.22. The fourth-order valence-electron chi connectivity index (χ4n) is 1.14. The second-order valence-corrected chi connectivity index (χ2v) is 3.23. The Morgan fingerprint density at radius 2 is 1.92 bits per heavy atom. The van der Waals surface area contributed by atoms with Crippen molar-refractivity contribution >= 4 is 5.78 Å². The van der Waals surface area contributed by atoms with Crippen molar-refractivity contribution in [1.82, 2.24) is 0 Å². The number of rotatable bonds is 4. The summed E-state index contributed by atoms with van der Waals surface area (Å²) < 4.78 is 0. The number of hydrogen-bond donors (Lipinski definition) is 1. The number of Topliss-reactive ketones (excluding diaryl/α,β-unsaturated/α-hetero) is 1. The first-order valence-electron chi connectivity index (χ1n) is 4.49. The van der Waals surface area contributed by atoms with Gasteiger partial charge in [0, 0.05) is 6.42 Å². The summed E-state index contributed by atoms with van der Waals surface area (Å²) in [5.41, 5.74) is 7.66. The number of benzene rings is 1. The average molecular weight is 177 g/mol. The Morgan fingerprint density at radius 1 is 1.31 bits per heavy atom. The monoisotopic (exact) mass is 177 g/mol. The SMILES string of the molecule is Cc1ccc(CCC(=O)CN)cc1. The van der Waals surface area contributed by atoms with Crippen molar-refractivity contribution < 1.29 is 4.79 Å². The van der Waals surface area contributed by atoms with E-state index in [1.807, 2.05) is 0 Å². The molecule has 0 aromatic heterocycles. The van der Waals surface area contributed by atoms with E-state index in [-0.39, 0.29) is 12.3 Å². The lowest BCUT2D eigenvalue weighted by Crippen LogP contribution is -2.13. The molecule has 0 heterocycles. The highest BCUT2D eigenvalue weighted by atomic mass is 16.1. The molecule has 0 saturated heterocycles. The molecule has 0 radical (unpaired) electrons. The van der Waals surface area contributed by atoms with Gasteiger partial charge in [0.1, 0.15) is 5.78 Å². The molecule has 0 unspecified atom stereocenters. The summed E-state index contributed by atoms with van der Waals surface area (Å²) in [6.07, 6.45) is 1.36. The number of ketones is 1. The Kier molecular flexibility index (Phi) is 3.65. The van der Waals surface area contributed by atoms with E-state index < -0.39 is 0 Å². The van der Waals surface area contributed by atoms with Gasteiger partial charge in [0.15, 0.2) is 0 Å². The van der Waals surface area contributed by atoms with Gasteiger partial charge in [-0.05, 0) is 18.9 Å². The molecule has 0 aliphatic carbocycles. The van der Waals surface area contributed by atoms with Gasteiger partial charge in [-0.15, -0.1) is 0 Å². The average Bonchev–Trinajstić information content (AvgIpc) is 2.16. The van der Waals surface area contributed by atoms with Gasteiger partial charge in [-0.2, -0.15) is 0 Å². The van der Waals surface area contributed by atoms with Crippen LogP contribution in [0.1, 0.15) is 17.5 Å². The Balaban J connectivity index is 2.46. The molecule has 13 heavy (non-hydrogen) atoms. The second-order valence-electron chi connectivity index (χ2n) is 3.23. The predicted molar refractivity (Wildman–Crippen MR) is 53.6 cm³/mol. The molecular weight excluding hydrogens is 162 g/mol. The first-order valence-corrected chi connectivity index (χ1v) is 4.49. The third kappa shape index (κ3) is 3.38. The van der Waals surface area contributed by atoms with Crippen LogP contribution in [-0.4, -0.2) is 12.3 Å². The summed E-state index contributed by atoms with van der Waals surface area (Å²) >= 11 is 0. The van der Waals surface area contributed by atoms with Crippen molar-refractivity contribution in [2.24, 2.45) is 5.73 Å². The van der Waals surface area contributed by atoms with E-state index >= 15 is 0 Å². The zero-order chi connectivity index (χ0) is 9.68. The van der Waals surface area contributed by atoms with Crippen molar-refractivity contribution in [1.29, 1.82) is 0 Å². The van der Waals surface area contributed by atoms with Crippen LogP contribution in [0.2, 0.25) is 0 Å². The maximum absolute atomic E-state index is 10.9. The molecule has 0 bridgehead atoms. The Hall–Kier alpha value is -1.15. The fourth-order valence-corrected chi connectivity index (χ4v) is 1.14. The molecule has 0 amide bonds. The van der Waals surface area contributed by atoms with Gasteiger partial charge in [-0.3, -0.25) is 4.79 Å². The zero-order valence-corrected chi connectivity index (χ0v) is 7.92. The number of carbonyl (C=O) groups is 1. The maximum atomic E-state index is 10.9. The number of nitrogens with two attached hydrogens (primary N) is 1. The standard InChI is InChI=1S/C11H15NO/c1-9-2-4-10(5-3-9)6-7-11(13)8-12/h2-5H,6-8,12H2,1H3. The van der Waals surface area contributed by atoms with E-state index in [0.717, 1.165) is 6.42 Å². The molecule has 0 aliphatic heterocycles. The smallest absolute Gasteiger partial charge is 0.146 e. The van der Waals surface area contributed by atoms with Crippen LogP contribution in [0.5, 0.6) is 0 Å². The van der Waals surface area contributed by atoms with Gasteiger partial charge >= 0.3 is 0 Å². The highest BCUT2D eigenvalue weighted by molar-refractivity contribution is 5.80. The molecule has 0 saturated carbocycles. The summed E-state index contributed by atoms with van der Waals surface area (Å²) in [4.78, 5) is 10.9. The van der Waals surface area contributed by atoms with E-state index in [2.05, 4.69) is 31.2 Å². The Morgan fingerprint density at radius 3 is 2.46 bits per heavy atom. The molecule has 2 heteroatoms. The molecule has 1 aromatic rings. The Labute approximate surface area is 78.8 Å². The molecular formula is C11H15NO.